The van der Waals surface area contributed by atoms with Crippen molar-refractivity contribution >= 4 is 10.4 Å². The van der Waals surface area contributed by atoms with E-state index in [2.05, 4.69) is 11.1 Å². The SMILES string of the molecule is CCCCCCCCCCCC=COS(=O)(=O)O. The van der Waals surface area contributed by atoms with Gasteiger partial charge in [0, 0.05) is 0 Å². The second-order valence-corrected chi connectivity index (χ2v) is 5.56. The molecule has 0 rings (SSSR count). The van der Waals surface area contributed by atoms with Gasteiger partial charge < -0.3 is 4.18 Å². The van der Waals surface area contributed by atoms with Gasteiger partial charge in [-0.25, -0.2) is 0 Å². The molecular weight excluding hydrogens is 252 g/mol. The lowest BCUT2D eigenvalue weighted by molar-refractivity contribution is 0.355. The van der Waals surface area contributed by atoms with Crippen LogP contribution < -0.4 is 0 Å². The highest BCUT2D eigenvalue weighted by atomic mass is 32.3. The van der Waals surface area contributed by atoms with E-state index in [0.29, 0.717) is 0 Å². The summed E-state index contributed by atoms with van der Waals surface area (Å²) in [5.41, 5.74) is 0. The van der Waals surface area contributed by atoms with Crippen molar-refractivity contribution in [3.63, 3.8) is 0 Å². The van der Waals surface area contributed by atoms with Gasteiger partial charge in [-0.05, 0) is 18.9 Å². The summed E-state index contributed by atoms with van der Waals surface area (Å²) in [7, 11) is -4.32. The number of hydrogen-bond donors (Lipinski definition) is 1. The number of unbranched alkanes of at least 4 members (excludes halogenated alkanes) is 9. The molecule has 0 radical (unpaired) electrons. The molecule has 0 aromatic rings. The zero-order valence-electron chi connectivity index (χ0n) is 11.3. The lowest BCUT2D eigenvalue weighted by Gasteiger charge is -2.00. The quantitative estimate of drug-likeness (QED) is 0.329. The Morgan fingerprint density at radius 2 is 1.44 bits per heavy atom. The van der Waals surface area contributed by atoms with Crippen molar-refractivity contribution in [3.8, 4) is 0 Å². The normalized spacial score (nSPS) is 12.1. The summed E-state index contributed by atoms with van der Waals surface area (Å²) in [6.45, 7) is 2.22. The maximum absolute atomic E-state index is 10.2. The first-order valence-corrected chi connectivity index (χ1v) is 8.23. The molecule has 0 aliphatic rings. The Morgan fingerprint density at radius 1 is 0.944 bits per heavy atom. The molecule has 18 heavy (non-hydrogen) atoms. The summed E-state index contributed by atoms with van der Waals surface area (Å²) >= 11 is 0. The van der Waals surface area contributed by atoms with Gasteiger partial charge in [-0.3, -0.25) is 4.55 Å². The van der Waals surface area contributed by atoms with Crippen molar-refractivity contribution in [1.29, 1.82) is 0 Å². The van der Waals surface area contributed by atoms with Gasteiger partial charge in [0.25, 0.3) is 0 Å². The van der Waals surface area contributed by atoms with Gasteiger partial charge in [-0.1, -0.05) is 58.3 Å². The Labute approximate surface area is 111 Å². The standard InChI is InChI=1S/C13H26O4S/c1-2-3-4-5-6-7-8-9-10-11-12-13-17-18(14,15)16/h12-13H,2-11H2,1H3,(H,14,15,16). The van der Waals surface area contributed by atoms with Crippen molar-refractivity contribution in [2.45, 2.75) is 71.1 Å². The van der Waals surface area contributed by atoms with E-state index in [-0.39, 0.29) is 0 Å². The molecule has 0 fully saturated rings. The molecule has 0 bridgehead atoms. The number of allylic oxidation sites excluding steroid dienone is 1. The van der Waals surface area contributed by atoms with Crippen LogP contribution in [0.1, 0.15) is 71.1 Å². The Morgan fingerprint density at radius 3 is 1.94 bits per heavy atom. The van der Waals surface area contributed by atoms with Gasteiger partial charge in [-0.15, -0.1) is 0 Å². The molecule has 5 heteroatoms. The molecule has 0 saturated heterocycles. The Bertz CT molecular complexity index is 296. The van der Waals surface area contributed by atoms with Crippen LogP contribution in [0.2, 0.25) is 0 Å². The Balaban J connectivity index is 3.16. The minimum atomic E-state index is -4.32. The van der Waals surface area contributed by atoms with Gasteiger partial charge in [0.15, 0.2) is 0 Å². The molecule has 0 aromatic heterocycles. The van der Waals surface area contributed by atoms with Gasteiger partial charge in [0.1, 0.15) is 6.26 Å². The summed E-state index contributed by atoms with van der Waals surface area (Å²) in [5, 5.41) is 0. The molecule has 0 atom stereocenters. The molecule has 0 aliphatic heterocycles. The smallest absolute Gasteiger partial charge is 0.370 e. The van der Waals surface area contributed by atoms with Crippen LogP contribution in [0.5, 0.6) is 0 Å². The van der Waals surface area contributed by atoms with E-state index in [0.717, 1.165) is 25.5 Å². The maximum Gasteiger partial charge on any atom is 0.445 e. The van der Waals surface area contributed by atoms with E-state index in [1.165, 1.54) is 44.9 Å². The minimum absolute atomic E-state index is 0.783. The fourth-order valence-electron chi connectivity index (χ4n) is 1.75. The van der Waals surface area contributed by atoms with E-state index in [1.54, 1.807) is 6.08 Å². The molecule has 108 valence electrons. The fraction of sp³-hybridized carbons (Fsp3) is 0.846. The zero-order valence-corrected chi connectivity index (χ0v) is 12.1. The summed E-state index contributed by atoms with van der Waals surface area (Å²) in [6.07, 6.45) is 14.8. The molecule has 0 amide bonds. The van der Waals surface area contributed by atoms with Crippen LogP contribution in [0.25, 0.3) is 0 Å². The predicted molar refractivity (Wildman–Crippen MR) is 73.6 cm³/mol. The summed E-state index contributed by atoms with van der Waals surface area (Å²) in [6, 6.07) is 0. The molecule has 0 aromatic carbocycles. The first-order chi connectivity index (χ1) is 8.56. The first kappa shape index (κ1) is 17.4. The first-order valence-electron chi connectivity index (χ1n) is 6.87. The van der Waals surface area contributed by atoms with Crippen molar-refractivity contribution in [2.24, 2.45) is 0 Å². The van der Waals surface area contributed by atoms with E-state index in [9.17, 15) is 8.42 Å². The van der Waals surface area contributed by atoms with Crippen LogP contribution in [-0.2, 0) is 14.6 Å². The van der Waals surface area contributed by atoms with Gasteiger partial charge in [0.05, 0.1) is 0 Å². The van der Waals surface area contributed by atoms with Crippen molar-refractivity contribution < 1.29 is 17.2 Å². The van der Waals surface area contributed by atoms with Crippen molar-refractivity contribution in [2.75, 3.05) is 0 Å². The Kier molecular flexibility index (Phi) is 11.2. The average Bonchev–Trinajstić information content (AvgIpc) is 2.29. The highest BCUT2D eigenvalue weighted by Crippen LogP contribution is 2.10. The molecule has 4 nitrogen and oxygen atoms in total. The summed E-state index contributed by atoms with van der Waals surface area (Å²) in [5.74, 6) is 0. The van der Waals surface area contributed by atoms with Crippen LogP contribution in [0, 0.1) is 0 Å². The summed E-state index contributed by atoms with van der Waals surface area (Å²) in [4.78, 5) is 0. The molecule has 0 spiro atoms. The molecule has 1 N–H and O–H groups in total. The van der Waals surface area contributed by atoms with Gasteiger partial charge in [0.2, 0.25) is 0 Å². The van der Waals surface area contributed by atoms with E-state index in [4.69, 9.17) is 4.55 Å². The monoisotopic (exact) mass is 278 g/mol. The highest BCUT2D eigenvalue weighted by molar-refractivity contribution is 7.81. The van der Waals surface area contributed by atoms with Crippen molar-refractivity contribution in [3.05, 3.63) is 12.3 Å². The molecule has 0 saturated carbocycles. The number of hydrogen-bond acceptors (Lipinski definition) is 3. The largest absolute Gasteiger partial charge is 0.445 e. The Hall–Kier alpha value is -0.550. The highest BCUT2D eigenvalue weighted by Gasteiger charge is 1.98. The van der Waals surface area contributed by atoms with Gasteiger partial charge in [-0.2, -0.15) is 8.42 Å². The van der Waals surface area contributed by atoms with Gasteiger partial charge >= 0.3 is 10.4 Å². The van der Waals surface area contributed by atoms with E-state index >= 15 is 0 Å². The van der Waals surface area contributed by atoms with Crippen molar-refractivity contribution in [1.82, 2.24) is 0 Å². The molecule has 0 heterocycles. The van der Waals surface area contributed by atoms with Crippen LogP contribution in [0.15, 0.2) is 12.3 Å². The van der Waals surface area contributed by atoms with Crippen LogP contribution in [0.4, 0.5) is 0 Å². The third-order valence-electron chi connectivity index (χ3n) is 2.75. The second-order valence-electron chi connectivity index (χ2n) is 4.51. The van der Waals surface area contributed by atoms with E-state index in [1.807, 2.05) is 0 Å². The molecular formula is C13H26O4S. The maximum atomic E-state index is 10.2. The van der Waals surface area contributed by atoms with Crippen LogP contribution in [0.3, 0.4) is 0 Å². The predicted octanol–water partition coefficient (Wildman–Crippen LogP) is 4.24. The third kappa shape index (κ3) is 15.4. The average molecular weight is 278 g/mol. The second kappa shape index (κ2) is 11.5. The van der Waals surface area contributed by atoms with E-state index < -0.39 is 10.4 Å². The molecule has 0 unspecified atom stereocenters. The van der Waals surface area contributed by atoms with Crippen LogP contribution >= 0.6 is 0 Å². The zero-order chi connectivity index (χ0) is 13.7. The fourth-order valence-corrected chi connectivity index (χ4v) is 1.97. The minimum Gasteiger partial charge on any atom is -0.370 e. The molecule has 0 aliphatic carbocycles. The topological polar surface area (TPSA) is 63.6 Å². The number of rotatable bonds is 12. The lowest BCUT2D eigenvalue weighted by atomic mass is 10.1. The summed E-state index contributed by atoms with van der Waals surface area (Å²) < 4.78 is 32.7. The lowest BCUT2D eigenvalue weighted by Crippen LogP contribution is -1.96. The van der Waals surface area contributed by atoms with Crippen LogP contribution in [-0.4, -0.2) is 13.0 Å². The third-order valence-corrected chi connectivity index (χ3v) is 3.10.